The maximum Gasteiger partial charge on any atom is 0.282 e. The molecule has 0 aliphatic heterocycles. The fraction of sp³-hybridized carbons (Fsp3) is 0.625. The molecule has 1 heterocycles. The van der Waals surface area contributed by atoms with Crippen molar-refractivity contribution in [1.29, 1.82) is 0 Å². The highest BCUT2D eigenvalue weighted by molar-refractivity contribution is 7.16. The molecule has 1 aromatic heterocycles. The molecule has 15 heavy (non-hydrogen) atoms. The Kier molecular flexibility index (Phi) is 4.99. The van der Waals surface area contributed by atoms with Crippen molar-refractivity contribution in [1.82, 2.24) is 15.5 Å². The van der Waals surface area contributed by atoms with Crippen LogP contribution in [-0.2, 0) is 4.74 Å². The number of hydrogen-bond donors (Lipinski definition) is 2. The molecule has 0 fully saturated rings. The minimum atomic E-state index is -0.221. The Bertz CT molecular complexity index is 315. The third kappa shape index (κ3) is 4.22. The number of nitrogens with two attached hydrogens (primary N) is 1. The Hall–Kier alpha value is -1.21. The van der Waals surface area contributed by atoms with E-state index in [1.165, 1.54) is 0 Å². The minimum absolute atomic E-state index is 0.221. The highest BCUT2D eigenvalue weighted by Gasteiger charge is 2.09. The Morgan fingerprint density at radius 3 is 2.93 bits per heavy atom. The molecule has 1 rings (SSSR count). The number of unbranched alkanes of at least 4 members (excludes halogenated alkanes) is 1. The van der Waals surface area contributed by atoms with Gasteiger partial charge in [0.15, 0.2) is 0 Å². The van der Waals surface area contributed by atoms with Gasteiger partial charge in [-0.2, -0.15) is 0 Å². The second-order valence-electron chi connectivity index (χ2n) is 2.90. The first-order chi connectivity index (χ1) is 7.24. The normalized spacial score (nSPS) is 10.2. The number of rotatable bonds is 6. The molecule has 7 heteroatoms. The van der Waals surface area contributed by atoms with Gasteiger partial charge in [-0.05, 0) is 12.8 Å². The smallest absolute Gasteiger partial charge is 0.282 e. The van der Waals surface area contributed by atoms with Crippen LogP contribution < -0.4 is 11.1 Å². The van der Waals surface area contributed by atoms with E-state index in [-0.39, 0.29) is 5.91 Å². The molecule has 0 aliphatic rings. The van der Waals surface area contributed by atoms with Crippen LogP contribution in [0.4, 0.5) is 5.13 Å². The molecule has 0 saturated heterocycles. The molecule has 0 radical (unpaired) electrons. The molecule has 0 bridgehead atoms. The van der Waals surface area contributed by atoms with E-state index in [1.54, 1.807) is 7.11 Å². The lowest BCUT2D eigenvalue weighted by molar-refractivity contribution is 0.0950. The molecule has 1 aromatic rings. The van der Waals surface area contributed by atoms with E-state index in [0.717, 1.165) is 24.2 Å². The van der Waals surface area contributed by atoms with Crippen LogP contribution in [0.5, 0.6) is 0 Å². The highest BCUT2D eigenvalue weighted by Crippen LogP contribution is 2.10. The molecule has 0 aliphatic carbocycles. The van der Waals surface area contributed by atoms with Gasteiger partial charge in [-0.1, -0.05) is 11.3 Å². The van der Waals surface area contributed by atoms with Crippen molar-refractivity contribution in [2.75, 3.05) is 26.0 Å². The van der Waals surface area contributed by atoms with E-state index in [4.69, 9.17) is 10.5 Å². The Morgan fingerprint density at radius 1 is 1.53 bits per heavy atom. The molecule has 3 N–H and O–H groups in total. The van der Waals surface area contributed by atoms with Crippen LogP contribution in [0.2, 0.25) is 0 Å². The summed E-state index contributed by atoms with van der Waals surface area (Å²) < 4.78 is 4.89. The standard InChI is InChI=1S/C8H14N4O2S/c1-14-5-3-2-4-10-6(13)7-11-12-8(9)15-7/h2-5H2,1H3,(H2,9,12)(H,10,13). The SMILES string of the molecule is COCCCCNC(=O)c1nnc(N)s1. The number of hydrogen-bond acceptors (Lipinski definition) is 6. The quantitative estimate of drug-likeness (QED) is 0.685. The molecule has 0 aromatic carbocycles. The molecule has 0 unspecified atom stereocenters. The predicted octanol–water partition coefficient (Wildman–Crippen LogP) is 0.277. The zero-order valence-electron chi connectivity index (χ0n) is 8.52. The molecule has 84 valence electrons. The van der Waals surface area contributed by atoms with Gasteiger partial charge in [0.05, 0.1) is 0 Å². The van der Waals surface area contributed by atoms with Crippen molar-refractivity contribution in [3.63, 3.8) is 0 Å². The first kappa shape index (κ1) is 11.9. The average Bonchev–Trinajstić information content (AvgIpc) is 2.64. The van der Waals surface area contributed by atoms with E-state index in [0.29, 0.717) is 23.3 Å². The Balaban J connectivity index is 2.19. The summed E-state index contributed by atoms with van der Waals surface area (Å²) in [4.78, 5) is 11.4. The molecule has 1 amide bonds. The number of carbonyl (C=O) groups excluding carboxylic acids is 1. The van der Waals surface area contributed by atoms with Crippen molar-refractivity contribution < 1.29 is 9.53 Å². The van der Waals surface area contributed by atoms with Gasteiger partial charge >= 0.3 is 0 Å². The van der Waals surface area contributed by atoms with Gasteiger partial charge in [0.25, 0.3) is 5.91 Å². The molecule has 0 saturated carbocycles. The molecular weight excluding hydrogens is 216 g/mol. The van der Waals surface area contributed by atoms with E-state index >= 15 is 0 Å². The average molecular weight is 230 g/mol. The Labute approximate surface area is 91.8 Å². The van der Waals surface area contributed by atoms with Gasteiger partial charge in [-0.25, -0.2) is 0 Å². The molecule has 0 atom stereocenters. The number of methoxy groups -OCH3 is 1. The summed E-state index contributed by atoms with van der Waals surface area (Å²) in [6, 6.07) is 0. The second-order valence-corrected chi connectivity index (χ2v) is 3.91. The first-order valence-corrected chi connectivity index (χ1v) is 5.42. The van der Waals surface area contributed by atoms with Crippen molar-refractivity contribution in [3.05, 3.63) is 5.01 Å². The largest absolute Gasteiger partial charge is 0.385 e. The number of anilines is 1. The highest BCUT2D eigenvalue weighted by atomic mass is 32.1. The van der Waals surface area contributed by atoms with Crippen LogP contribution in [0.25, 0.3) is 0 Å². The van der Waals surface area contributed by atoms with Gasteiger partial charge in [0.1, 0.15) is 0 Å². The maximum absolute atomic E-state index is 11.4. The fourth-order valence-electron chi connectivity index (χ4n) is 0.975. The van der Waals surface area contributed by atoms with Crippen LogP contribution in [0.15, 0.2) is 0 Å². The third-order valence-corrected chi connectivity index (χ3v) is 2.45. The summed E-state index contributed by atoms with van der Waals surface area (Å²) in [7, 11) is 1.66. The van der Waals surface area contributed by atoms with E-state index in [9.17, 15) is 4.79 Å². The molecule has 0 spiro atoms. The third-order valence-electron chi connectivity index (χ3n) is 1.70. The van der Waals surface area contributed by atoms with Crippen LogP contribution in [0.3, 0.4) is 0 Å². The summed E-state index contributed by atoms with van der Waals surface area (Å²) >= 11 is 1.08. The first-order valence-electron chi connectivity index (χ1n) is 4.60. The van der Waals surface area contributed by atoms with E-state index in [1.807, 2.05) is 0 Å². The lowest BCUT2D eigenvalue weighted by Crippen LogP contribution is -2.24. The monoisotopic (exact) mass is 230 g/mol. The lowest BCUT2D eigenvalue weighted by atomic mass is 10.3. The summed E-state index contributed by atoms with van der Waals surface area (Å²) in [5.41, 5.74) is 5.36. The lowest BCUT2D eigenvalue weighted by Gasteiger charge is -2.01. The summed E-state index contributed by atoms with van der Waals surface area (Å²) in [5, 5.41) is 10.5. The van der Waals surface area contributed by atoms with Gasteiger partial charge in [0, 0.05) is 20.3 Å². The number of nitrogen functional groups attached to an aromatic ring is 1. The van der Waals surface area contributed by atoms with E-state index in [2.05, 4.69) is 15.5 Å². The number of aromatic nitrogens is 2. The van der Waals surface area contributed by atoms with Crippen LogP contribution in [0, 0.1) is 0 Å². The molecule has 6 nitrogen and oxygen atoms in total. The number of carbonyl (C=O) groups is 1. The Morgan fingerprint density at radius 2 is 2.33 bits per heavy atom. The van der Waals surface area contributed by atoms with E-state index < -0.39 is 0 Å². The van der Waals surface area contributed by atoms with Crippen LogP contribution in [-0.4, -0.2) is 36.4 Å². The van der Waals surface area contributed by atoms with Crippen LogP contribution >= 0.6 is 11.3 Å². The van der Waals surface area contributed by atoms with Crippen LogP contribution in [0.1, 0.15) is 22.6 Å². The van der Waals surface area contributed by atoms with Gasteiger partial charge in [-0.3, -0.25) is 4.79 Å². The number of nitrogens with zero attached hydrogens (tertiary/aromatic N) is 2. The second kappa shape index (κ2) is 6.31. The van der Waals surface area contributed by atoms with Crippen molar-refractivity contribution in [3.8, 4) is 0 Å². The number of amides is 1. The summed E-state index contributed by atoms with van der Waals surface area (Å²) in [5.74, 6) is -0.221. The molecular formula is C8H14N4O2S. The summed E-state index contributed by atoms with van der Waals surface area (Å²) in [6.45, 7) is 1.32. The number of nitrogens with one attached hydrogen (secondary N) is 1. The fourth-order valence-corrected chi connectivity index (χ4v) is 1.50. The van der Waals surface area contributed by atoms with Crippen molar-refractivity contribution in [2.45, 2.75) is 12.8 Å². The van der Waals surface area contributed by atoms with Gasteiger partial charge in [-0.15, -0.1) is 10.2 Å². The topological polar surface area (TPSA) is 90.1 Å². The van der Waals surface area contributed by atoms with Crippen molar-refractivity contribution >= 4 is 22.4 Å². The predicted molar refractivity (Wildman–Crippen MR) is 57.8 cm³/mol. The summed E-state index contributed by atoms with van der Waals surface area (Å²) in [6.07, 6.45) is 1.81. The zero-order chi connectivity index (χ0) is 11.1. The van der Waals surface area contributed by atoms with Gasteiger partial charge in [0.2, 0.25) is 10.1 Å². The minimum Gasteiger partial charge on any atom is -0.385 e. The number of ether oxygens (including phenoxy) is 1. The van der Waals surface area contributed by atoms with Crippen molar-refractivity contribution in [2.24, 2.45) is 0 Å². The van der Waals surface area contributed by atoms with Gasteiger partial charge < -0.3 is 15.8 Å². The maximum atomic E-state index is 11.4. The zero-order valence-corrected chi connectivity index (χ0v) is 9.34.